The molecule has 5 heteroatoms. The zero-order valence-corrected chi connectivity index (χ0v) is 14.9. The first-order valence-corrected chi connectivity index (χ1v) is 8.59. The molecule has 0 aliphatic carbocycles. The van der Waals surface area contributed by atoms with Gasteiger partial charge in [0.15, 0.2) is 0 Å². The van der Waals surface area contributed by atoms with Crippen molar-refractivity contribution in [2.45, 2.75) is 26.8 Å². The van der Waals surface area contributed by atoms with Gasteiger partial charge in [0.05, 0.1) is 0 Å². The summed E-state index contributed by atoms with van der Waals surface area (Å²) in [7, 11) is 0. The molecule has 0 saturated carbocycles. The summed E-state index contributed by atoms with van der Waals surface area (Å²) in [6.45, 7) is 7.95. The van der Waals surface area contributed by atoms with Gasteiger partial charge in [-0.2, -0.15) is 0 Å². The van der Waals surface area contributed by atoms with E-state index < -0.39 is 0 Å². The first-order valence-electron chi connectivity index (χ1n) is 8.59. The van der Waals surface area contributed by atoms with Crippen molar-refractivity contribution in [1.29, 1.82) is 0 Å². The first kappa shape index (κ1) is 17.3. The minimum Gasteiger partial charge on any atom is -0.365 e. The topological polar surface area (TPSA) is 35.6 Å². The van der Waals surface area contributed by atoms with Crippen LogP contribution in [0.4, 0.5) is 20.6 Å². The minimum absolute atomic E-state index is 0.181. The Morgan fingerprint density at radius 2 is 1.96 bits per heavy atom. The van der Waals surface area contributed by atoms with Crippen LogP contribution in [0.3, 0.4) is 0 Å². The largest absolute Gasteiger partial charge is 0.365 e. The van der Waals surface area contributed by atoms with Gasteiger partial charge in [-0.1, -0.05) is 18.2 Å². The van der Waals surface area contributed by atoms with Crippen molar-refractivity contribution in [2.75, 3.05) is 29.9 Å². The molecule has 1 saturated heterocycles. The zero-order valence-electron chi connectivity index (χ0n) is 14.9. The fourth-order valence-corrected chi connectivity index (χ4v) is 3.21. The van der Waals surface area contributed by atoms with Crippen LogP contribution in [0.15, 0.2) is 42.5 Å². The number of hydrogen-bond donors (Lipinski definition) is 1. The molecule has 1 atom stereocenters. The molecule has 132 valence electrons. The van der Waals surface area contributed by atoms with Crippen LogP contribution < -0.4 is 10.2 Å². The number of anilines is 2. The van der Waals surface area contributed by atoms with Crippen molar-refractivity contribution in [3.05, 3.63) is 59.4 Å². The number of carbonyl (C=O) groups is 1. The molecule has 2 amide bonds. The maximum atomic E-state index is 13.6. The number of hydrogen-bond acceptors (Lipinski definition) is 2. The number of rotatable bonds is 2. The highest BCUT2D eigenvalue weighted by molar-refractivity contribution is 5.89. The molecule has 1 aliphatic heterocycles. The average molecular weight is 341 g/mol. The minimum atomic E-state index is -0.310. The van der Waals surface area contributed by atoms with Crippen LogP contribution in [0.2, 0.25) is 0 Å². The molecular weight excluding hydrogens is 317 g/mol. The number of carbonyl (C=O) groups excluding carboxylic acids is 1. The van der Waals surface area contributed by atoms with E-state index in [0.29, 0.717) is 24.3 Å². The molecule has 0 spiro atoms. The van der Waals surface area contributed by atoms with E-state index in [1.165, 1.54) is 17.3 Å². The Morgan fingerprint density at radius 3 is 2.64 bits per heavy atom. The van der Waals surface area contributed by atoms with Crippen LogP contribution in [0.1, 0.15) is 18.1 Å². The third-order valence-corrected chi connectivity index (χ3v) is 4.67. The van der Waals surface area contributed by atoms with E-state index in [4.69, 9.17) is 0 Å². The molecular formula is C20H24FN3O. The molecule has 3 rings (SSSR count). The Morgan fingerprint density at radius 1 is 1.16 bits per heavy atom. The van der Waals surface area contributed by atoms with Crippen LogP contribution in [0, 0.1) is 19.7 Å². The molecule has 0 bridgehead atoms. The number of amides is 2. The highest BCUT2D eigenvalue weighted by atomic mass is 19.1. The van der Waals surface area contributed by atoms with Gasteiger partial charge in [-0.3, -0.25) is 0 Å². The summed E-state index contributed by atoms with van der Waals surface area (Å²) >= 11 is 0. The van der Waals surface area contributed by atoms with Crippen molar-refractivity contribution >= 4 is 17.4 Å². The third kappa shape index (κ3) is 3.92. The number of urea groups is 1. The quantitative estimate of drug-likeness (QED) is 0.889. The van der Waals surface area contributed by atoms with Gasteiger partial charge < -0.3 is 15.1 Å². The fraction of sp³-hybridized carbons (Fsp3) is 0.350. The summed E-state index contributed by atoms with van der Waals surface area (Å²) in [6.07, 6.45) is 0. The highest BCUT2D eigenvalue weighted by Crippen LogP contribution is 2.22. The van der Waals surface area contributed by atoms with Gasteiger partial charge in [0.25, 0.3) is 0 Å². The van der Waals surface area contributed by atoms with Crippen molar-refractivity contribution in [3.63, 3.8) is 0 Å². The molecule has 2 aromatic carbocycles. The molecule has 4 nitrogen and oxygen atoms in total. The normalized spacial score (nSPS) is 17.5. The Labute approximate surface area is 148 Å². The lowest BCUT2D eigenvalue weighted by atomic mass is 10.1. The summed E-state index contributed by atoms with van der Waals surface area (Å²) in [4.78, 5) is 16.6. The molecule has 1 N–H and O–H groups in total. The number of halogens is 1. The monoisotopic (exact) mass is 341 g/mol. The number of benzene rings is 2. The smallest absolute Gasteiger partial charge is 0.321 e. The maximum Gasteiger partial charge on any atom is 0.321 e. The molecule has 1 fully saturated rings. The molecule has 2 aromatic rings. The van der Waals surface area contributed by atoms with E-state index in [2.05, 4.69) is 48.3 Å². The van der Waals surface area contributed by atoms with Crippen molar-refractivity contribution in [3.8, 4) is 0 Å². The predicted octanol–water partition coefficient (Wildman–Crippen LogP) is 4.19. The van der Waals surface area contributed by atoms with Crippen LogP contribution in [-0.2, 0) is 0 Å². The Kier molecular flexibility index (Phi) is 4.93. The molecule has 0 radical (unpaired) electrons. The molecule has 1 heterocycles. The Bertz CT molecular complexity index is 777. The molecule has 0 unspecified atom stereocenters. The van der Waals surface area contributed by atoms with Crippen LogP contribution in [0.5, 0.6) is 0 Å². The zero-order chi connectivity index (χ0) is 18.0. The van der Waals surface area contributed by atoms with Gasteiger partial charge >= 0.3 is 6.03 Å². The van der Waals surface area contributed by atoms with Crippen LogP contribution in [-0.4, -0.2) is 36.6 Å². The van der Waals surface area contributed by atoms with E-state index in [1.54, 1.807) is 24.0 Å². The van der Waals surface area contributed by atoms with E-state index >= 15 is 0 Å². The summed E-state index contributed by atoms with van der Waals surface area (Å²) in [5.74, 6) is -0.310. The summed E-state index contributed by atoms with van der Waals surface area (Å²) < 4.78 is 13.6. The van der Waals surface area contributed by atoms with Crippen molar-refractivity contribution in [1.82, 2.24) is 4.90 Å². The lowest BCUT2D eigenvalue weighted by Gasteiger charge is -2.41. The van der Waals surface area contributed by atoms with E-state index in [1.807, 2.05) is 0 Å². The van der Waals surface area contributed by atoms with Gasteiger partial charge in [0.1, 0.15) is 5.82 Å². The number of piperazine rings is 1. The third-order valence-electron chi connectivity index (χ3n) is 4.67. The van der Waals surface area contributed by atoms with E-state index in [-0.39, 0.29) is 17.9 Å². The standard InChI is InChI=1S/C20H24FN3O/c1-14-5-4-6-18(11-14)24-10-9-23(13-16(24)3)20(25)22-17-8-7-15(2)19(21)12-17/h4-8,11-12,16H,9-10,13H2,1-3H3,(H,22,25)/t16-/m1/s1. The summed E-state index contributed by atoms with van der Waals surface area (Å²) in [5, 5.41) is 2.79. The predicted molar refractivity (Wildman–Crippen MR) is 99.7 cm³/mol. The molecule has 25 heavy (non-hydrogen) atoms. The number of aryl methyl sites for hydroxylation is 2. The second-order valence-electron chi connectivity index (χ2n) is 6.72. The van der Waals surface area contributed by atoms with E-state index in [0.717, 1.165) is 6.54 Å². The Hall–Kier alpha value is -2.56. The lowest BCUT2D eigenvalue weighted by molar-refractivity contribution is 0.200. The molecule has 1 aliphatic rings. The highest BCUT2D eigenvalue weighted by Gasteiger charge is 2.27. The van der Waals surface area contributed by atoms with Gasteiger partial charge in [-0.25, -0.2) is 9.18 Å². The van der Waals surface area contributed by atoms with Crippen molar-refractivity contribution < 1.29 is 9.18 Å². The van der Waals surface area contributed by atoms with Crippen molar-refractivity contribution in [2.24, 2.45) is 0 Å². The SMILES string of the molecule is Cc1cccc(N2CCN(C(=O)Nc3ccc(C)c(F)c3)C[C@H]2C)c1. The van der Waals surface area contributed by atoms with Gasteiger partial charge in [-0.05, 0) is 56.2 Å². The van der Waals surface area contributed by atoms with Gasteiger partial charge in [-0.15, -0.1) is 0 Å². The van der Waals surface area contributed by atoms with Gasteiger partial charge in [0, 0.05) is 37.1 Å². The van der Waals surface area contributed by atoms with Gasteiger partial charge in [0.2, 0.25) is 0 Å². The van der Waals surface area contributed by atoms with Crippen LogP contribution in [0.25, 0.3) is 0 Å². The number of nitrogens with one attached hydrogen (secondary N) is 1. The Balaban J connectivity index is 1.64. The number of nitrogens with zero attached hydrogens (tertiary/aromatic N) is 2. The fourth-order valence-electron chi connectivity index (χ4n) is 3.21. The summed E-state index contributed by atoms with van der Waals surface area (Å²) in [6, 6.07) is 13.2. The lowest BCUT2D eigenvalue weighted by Crippen LogP contribution is -2.54. The first-order chi connectivity index (χ1) is 11.9. The molecule has 0 aromatic heterocycles. The van der Waals surface area contributed by atoms with Crippen LogP contribution >= 0.6 is 0 Å². The second-order valence-corrected chi connectivity index (χ2v) is 6.72. The average Bonchev–Trinajstić information content (AvgIpc) is 2.58. The summed E-state index contributed by atoms with van der Waals surface area (Å²) in [5.41, 5.74) is 3.47. The van der Waals surface area contributed by atoms with E-state index in [9.17, 15) is 9.18 Å². The second kappa shape index (κ2) is 7.13. The maximum absolute atomic E-state index is 13.6.